The van der Waals surface area contributed by atoms with Crippen molar-refractivity contribution in [3.63, 3.8) is 0 Å². The Morgan fingerprint density at radius 3 is 2.77 bits per heavy atom. The van der Waals surface area contributed by atoms with Gasteiger partial charge in [-0.3, -0.25) is 4.79 Å². The lowest BCUT2D eigenvalue weighted by Gasteiger charge is -2.22. The van der Waals surface area contributed by atoms with Gasteiger partial charge in [-0.25, -0.2) is 0 Å². The van der Waals surface area contributed by atoms with Gasteiger partial charge in [-0.05, 0) is 25.2 Å². The molecule has 0 saturated carbocycles. The van der Waals surface area contributed by atoms with Gasteiger partial charge in [0.2, 0.25) is 0 Å². The van der Waals surface area contributed by atoms with Crippen molar-refractivity contribution in [1.82, 2.24) is 0 Å². The molecule has 76 valence electrons. The molecule has 1 aliphatic rings. The summed E-state index contributed by atoms with van der Waals surface area (Å²) >= 11 is 0. The van der Waals surface area contributed by atoms with Gasteiger partial charge in [-0.1, -0.05) is 13.8 Å². The van der Waals surface area contributed by atoms with Crippen LogP contribution in [0.5, 0.6) is 0 Å². The molecular weight excluding hydrogens is 164 g/mol. The summed E-state index contributed by atoms with van der Waals surface area (Å²) in [6, 6.07) is 0. The Morgan fingerprint density at radius 1 is 1.46 bits per heavy atom. The van der Waals surface area contributed by atoms with Crippen LogP contribution in [-0.4, -0.2) is 18.5 Å². The average Bonchev–Trinajstić information content (AvgIpc) is 2.04. The predicted octanol–water partition coefficient (Wildman–Crippen LogP) is 2.56. The molecule has 0 amide bonds. The molecule has 0 aromatic heterocycles. The Labute approximate surface area is 80.7 Å². The lowest BCUT2D eigenvalue weighted by atomic mass is 9.99. The average molecular weight is 184 g/mol. The van der Waals surface area contributed by atoms with Crippen molar-refractivity contribution in [2.75, 3.05) is 6.61 Å². The molecule has 1 heterocycles. The second-order valence-electron chi connectivity index (χ2n) is 4.33. The van der Waals surface area contributed by atoms with E-state index < -0.39 is 0 Å². The van der Waals surface area contributed by atoms with Gasteiger partial charge < -0.3 is 4.74 Å². The van der Waals surface area contributed by atoms with E-state index in [0.29, 0.717) is 24.5 Å². The molecule has 1 atom stereocenters. The molecule has 1 aliphatic heterocycles. The van der Waals surface area contributed by atoms with E-state index in [9.17, 15) is 4.79 Å². The molecule has 2 nitrogen and oxygen atoms in total. The van der Waals surface area contributed by atoms with Gasteiger partial charge in [0.25, 0.3) is 0 Å². The maximum Gasteiger partial charge on any atom is 0.135 e. The topological polar surface area (TPSA) is 26.3 Å². The van der Waals surface area contributed by atoms with Crippen molar-refractivity contribution in [1.29, 1.82) is 0 Å². The zero-order valence-electron chi connectivity index (χ0n) is 8.71. The van der Waals surface area contributed by atoms with Crippen LogP contribution in [0.15, 0.2) is 0 Å². The van der Waals surface area contributed by atoms with E-state index in [1.807, 2.05) is 0 Å². The molecule has 2 heteroatoms. The van der Waals surface area contributed by atoms with Crippen LogP contribution in [0.3, 0.4) is 0 Å². The molecule has 0 bridgehead atoms. The second kappa shape index (κ2) is 5.38. The Bertz CT molecular complexity index is 157. The molecule has 0 radical (unpaired) electrons. The fourth-order valence-electron chi connectivity index (χ4n) is 1.76. The summed E-state index contributed by atoms with van der Waals surface area (Å²) in [7, 11) is 0. The number of hydrogen-bond acceptors (Lipinski definition) is 2. The Hall–Kier alpha value is -0.370. The predicted molar refractivity (Wildman–Crippen MR) is 52.7 cm³/mol. The molecule has 0 aromatic rings. The van der Waals surface area contributed by atoms with E-state index in [2.05, 4.69) is 13.8 Å². The van der Waals surface area contributed by atoms with Crippen LogP contribution in [0.4, 0.5) is 0 Å². The van der Waals surface area contributed by atoms with Crippen LogP contribution in [-0.2, 0) is 9.53 Å². The first kappa shape index (κ1) is 10.7. The number of ketones is 1. The fourth-order valence-corrected chi connectivity index (χ4v) is 1.76. The molecule has 1 fully saturated rings. The third-order valence-electron chi connectivity index (χ3n) is 2.37. The first-order chi connectivity index (χ1) is 6.18. The molecule has 0 N–H and O–H groups in total. The van der Waals surface area contributed by atoms with Gasteiger partial charge in [-0.2, -0.15) is 0 Å². The summed E-state index contributed by atoms with van der Waals surface area (Å²) in [5, 5.41) is 0. The number of ether oxygens (including phenoxy) is 1. The first-order valence-electron chi connectivity index (χ1n) is 5.32. The van der Waals surface area contributed by atoms with E-state index >= 15 is 0 Å². The monoisotopic (exact) mass is 184 g/mol. The summed E-state index contributed by atoms with van der Waals surface area (Å²) in [6.07, 6.45) is 5.02. The van der Waals surface area contributed by atoms with Crippen LogP contribution >= 0.6 is 0 Å². The number of hydrogen-bond donors (Lipinski definition) is 0. The van der Waals surface area contributed by atoms with Crippen molar-refractivity contribution in [2.45, 2.75) is 52.1 Å². The minimum atomic E-state index is 0.222. The number of Topliss-reactive ketones (excluding diaryl/α,β-unsaturated/α-hetero) is 1. The third kappa shape index (κ3) is 4.41. The van der Waals surface area contributed by atoms with Crippen LogP contribution in [0, 0.1) is 5.92 Å². The highest BCUT2D eigenvalue weighted by Gasteiger charge is 2.17. The van der Waals surface area contributed by atoms with Gasteiger partial charge >= 0.3 is 0 Å². The number of carbonyl (C=O) groups is 1. The minimum Gasteiger partial charge on any atom is -0.378 e. The van der Waals surface area contributed by atoms with Crippen LogP contribution in [0.1, 0.15) is 46.0 Å². The van der Waals surface area contributed by atoms with E-state index in [0.717, 1.165) is 19.4 Å². The van der Waals surface area contributed by atoms with Crippen molar-refractivity contribution in [3.8, 4) is 0 Å². The van der Waals surface area contributed by atoms with E-state index in [1.54, 1.807) is 0 Å². The van der Waals surface area contributed by atoms with E-state index in [4.69, 9.17) is 4.74 Å². The number of rotatable bonds is 4. The Balaban J connectivity index is 2.18. The van der Waals surface area contributed by atoms with Crippen molar-refractivity contribution in [2.24, 2.45) is 5.92 Å². The van der Waals surface area contributed by atoms with Crippen LogP contribution in [0.25, 0.3) is 0 Å². The summed E-state index contributed by atoms with van der Waals surface area (Å²) in [4.78, 5) is 11.4. The molecule has 0 aliphatic carbocycles. The van der Waals surface area contributed by atoms with Crippen molar-refractivity contribution < 1.29 is 9.53 Å². The van der Waals surface area contributed by atoms with Crippen molar-refractivity contribution >= 4 is 5.78 Å². The summed E-state index contributed by atoms with van der Waals surface area (Å²) in [5.41, 5.74) is 0. The number of carbonyl (C=O) groups excluding carboxylic acids is 1. The summed E-state index contributed by atoms with van der Waals surface area (Å²) in [5.74, 6) is 0.845. The molecule has 13 heavy (non-hydrogen) atoms. The second-order valence-corrected chi connectivity index (χ2v) is 4.33. The highest BCUT2D eigenvalue weighted by Crippen LogP contribution is 2.17. The van der Waals surface area contributed by atoms with Crippen LogP contribution < -0.4 is 0 Å². The molecule has 1 saturated heterocycles. The third-order valence-corrected chi connectivity index (χ3v) is 2.37. The smallest absolute Gasteiger partial charge is 0.135 e. The van der Waals surface area contributed by atoms with Gasteiger partial charge in [-0.15, -0.1) is 0 Å². The molecular formula is C11H20O2. The standard InChI is InChI=1S/C11H20O2/c1-9(2)7-10(12)8-11-5-3-4-6-13-11/h9,11H,3-8H2,1-2H3/t11-/m1/s1. The van der Waals surface area contributed by atoms with Gasteiger partial charge in [0.05, 0.1) is 6.10 Å². The normalized spacial score (nSPS) is 23.5. The molecule has 0 aromatic carbocycles. The SMILES string of the molecule is CC(C)CC(=O)C[C@H]1CCCCO1. The Morgan fingerprint density at radius 2 is 2.23 bits per heavy atom. The van der Waals surface area contributed by atoms with E-state index in [-0.39, 0.29) is 6.10 Å². The highest BCUT2D eigenvalue weighted by atomic mass is 16.5. The van der Waals surface area contributed by atoms with Gasteiger partial charge in [0, 0.05) is 19.4 Å². The highest BCUT2D eigenvalue weighted by molar-refractivity contribution is 5.79. The first-order valence-corrected chi connectivity index (χ1v) is 5.32. The molecule has 0 spiro atoms. The zero-order valence-corrected chi connectivity index (χ0v) is 8.71. The van der Waals surface area contributed by atoms with Gasteiger partial charge in [0.1, 0.15) is 5.78 Å². The lowest BCUT2D eigenvalue weighted by molar-refractivity contribution is -0.123. The molecule has 0 unspecified atom stereocenters. The largest absolute Gasteiger partial charge is 0.378 e. The summed E-state index contributed by atoms with van der Waals surface area (Å²) < 4.78 is 5.51. The zero-order chi connectivity index (χ0) is 9.68. The van der Waals surface area contributed by atoms with Crippen molar-refractivity contribution in [3.05, 3.63) is 0 Å². The van der Waals surface area contributed by atoms with Gasteiger partial charge in [0.15, 0.2) is 0 Å². The lowest BCUT2D eigenvalue weighted by Crippen LogP contribution is -2.22. The maximum absolute atomic E-state index is 11.4. The Kier molecular flexibility index (Phi) is 4.43. The fraction of sp³-hybridized carbons (Fsp3) is 0.909. The van der Waals surface area contributed by atoms with Crippen LogP contribution in [0.2, 0.25) is 0 Å². The van der Waals surface area contributed by atoms with E-state index in [1.165, 1.54) is 6.42 Å². The maximum atomic E-state index is 11.4. The summed E-state index contributed by atoms with van der Waals surface area (Å²) in [6.45, 7) is 5.01. The minimum absolute atomic E-state index is 0.222. The molecule has 1 rings (SSSR count). The quantitative estimate of drug-likeness (QED) is 0.671.